The summed E-state index contributed by atoms with van der Waals surface area (Å²) in [6.45, 7) is 3.97. The summed E-state index contributed by atoms with van der Waals surface area (Å²) in [5.74, 6) is 0.577. The molecule has 1 amide bonds. The lowest BCUT2D eigenvalue weighted by atomic mass is 10.1. The zero-order chi connectivity index (χ0) is 19.1. The van der Waals surface area contributed by atoms with E-state index in [0.29, 0.717) is 11.7 Å². The van der Waals surface area contributed by atoms with Crippen molar-refractivity contribution >= 4 is 17.3 Å². The highest BCUT2D eigenvalue weighted by atomic mass is 16.5. The summed E-state index contributed by atoms with van der Waals surface area (Å²) in [6.07, 6.45) is 9.38. The second-order valence-corrected chi connectivity index (χ2v) is 7.41. The molecule has 1 saturated carbocycles. The Kier molecular flexibility index (Phi) is 6.69. The summed E-state index contributed by atoms with van der Waals surface area (Å²) in [7, 11) is 0. The van der Waals surface area contributed by atoms with Gasteiger partial charge in [-0.25, -0.2) is 0 Å². The second-order valence-electron chi connectivity index (χ2n) is 7.41. The summed E-state index contributed by atoms with van der Waals surface area (Å²) in [6, 6.07) is 11.6. The van der Waals surface area contributed by atoms with Crippen molar-refractivity contribution in [2.45, 2.75) is 64.5 Å². The van der Waals surface area contributed by atoms with Gasteiger partial charge in [0.2, 0.25) is 0 Å². The summed E-state index contributed by atoms with van der Waals surface area (Å²) < 4.78 is 5.62. The molecule has 1 aromatic heterocycles. The molecule has 0 saturated heterocycles. The van der Waals surface area contributed by atoms with Crippen LogP contribution in [0.3, 0.4) is 0 Å². The van der Waals surface area contributed by atoms with E-state index in [1.165, 1.54) is 38.5 Å². The minimum absolute atomic E-state index is 0.123. The van der Waals surface area contributed by atoms with Gasteiger partial charge in [-0.1, -0.05) is 25.7 Å². The van der Waals surface area contributed by atoms with Gasteiger partial charge in [-0.15, -0.1) is 0 Å². The van der Waals surface area contributed by atoms with Crippen LogP contribution in [0.25, 0.3) is 0 Å². The molecule has 0 aliphatic heterocycles. The Balaban J connectivity index is 1.61. The number of rotatable bonds is 6. The van der Waals surface area contributed by atoms with E-state index in [1.54, 1.807) is 6.20 Å². The number of hydrogen-bond acceptors (Lipinski definition) is 4. The molecule has 2 aromatic rings. The Morgan fingerprint density at radius 3 is 2.41 bits per heavy atom. The summed E-state index contributed by atoms with van der Waals surface area (Å²) in [5, 5.41) is 6.46. The highest BCUT2D eigenvalue weighted by Gasteiger charge is 2.14. The summed E-state index contributed by atoms with van der Waals surface area (Å²) in [4.78, 5) is 16.8. The highest BCUT2D eigenvalue weighted by Crippen LogP contribution is 2.22. The average molecular weight is 367 g/mol. The standard InChI is InChI=1S/C22H29N3O2/c1-16(2)27-20-11-9-18(10-12-20)25-22(26)21-15-19(13-14-23-21)24-17-7-5-3-4-6-8-17/h9-17H,3-8H2,1-2H3,(H,23,24)(H,25,26). The molecular formula is C22H29N3O2. The lowest BCUT2D eigenvalue weighted by Gasteiger charge is -2.18. The van der Waals surface area contributed by atoms with Gasteiger partial charge in [-0.3, -0.25) is 9.78 Å². The van der Waals surface area contributed by atoms with Crippen LogP contribution in [0.5, 0.6) is 5.75 Å². The van der Waals surface area contributed by atoms with Crippen LogP contribution < -0.4 is 15.4 Å². The lowest BCUT2D eigenvalue weighted by molar-refractivity contribution is 0.102. The number of carbonyl (C=O) groups excluding carboxylic acids is 1. The highest BCUT2D eigenvalue weighted by molar-refractivity contribution is 6.03. The third kappa shape index (κ3) is 5.98. The van der Waals surface area contributed by atoms with E-state index in [1.807, 2.05) is 50.2 Å². The molecule has 0 atom stereocenters. The Morgan fingerprint density at radius 2 is 1.74 bits per heavy atom. The Morgan fingerprint density at radius 1 is 1.04 bits per heavy atom. The molecule has 3 rings (SSSR count). The topological polar surface area (TPSA) is 63.2 Å². The van der Waals surface area contributed by atoms with Crippen molar-refractivity contribution in [2.75, 3.05) is 10.6 Å². The molecule has 5 nitrogen and oxygen atoms in total. The lowest BCUT2D eigenvalue weighted by Crippen LogP contribution is -2.19. The Hall–Kier alpha value is -2.56. The van der Waals surface area contributed by atoms with Crippen molar-refractivity contribution in [1.82, 2.24) is 4.98 Å². The monoisotopic (exact) mass is 367 g/mol. The van der Waals surface area contributed by atoms with Crippen LogP contribution in [0, 0.1) is 0 Å². The minimum atomic E-state index is -0.211. The van der Waals surface area contributed by atoms with Crippen LogP contribution in [-0.2, 0) is 0 Å². The maximum Gasteiger partial charge on any atom is 0.274 e. The number of pyridine rings is 1. The molecule has 0 spiro atoms. The minimum Gasteiger partial charge on any atom is -0.491 e. The third-order valence-electron chi connectivity index (χ3n) is 4.70. The van der Waals surface area contributed by atoms with Crippen LogP contribution >= 0.6 is 0 Å². The molecule has 0 unspecified atom stereocenters. The molecular weight excluding hydrogens is 338 g/mol. The number of carbonyl (C=O) groups is 1. The van der Waals surface area contributed by atoms with Gasteiger partial charge in [0.1, 0.15) is 11.4 Å². The van der Waals surface area contributed by atoms with E-state index in [4.69, 9.17) is 4.74 Å². The fourth-order valence-corrected chi connectivity index (χ4v) is 3.39. The zero-order valence-electron chi connectivity index (χ0n) is 16.2. The predicted octanol–water partition coefficient (Wildman–Crippen LogP) is 5.26. The number of nitrogens with one attached hydrogen (secondary N) is 2. The zero-order valence-corrected chi connectivity index (χ0v) is 16.2. The van der Waals surface area contributed by atoms with Crippen molar-refractivity contribution < 1.29 is 9.53 Å². The number of nitrogens with zero attached hydrogens (tertiary/aromatic N) is 1. The van der Waals surface area contributed by atoms with Gasteiger partial charge in [-0.2, -0.15) is 0 Å². The average Bonchev–Trinajstić information content (AvgIpc) is 2.92. The number of hydrogen-bond donors (Lipinski definition) is 2. The van der Waals surface area contributed by atoms with Gasteiger partial charge in [0.25, 0.3) is 5.91 Å². The van der Waals surface area contributed by atoms with E-state index in [9.17, 15) is 4.79 Å². The quantitative estimate of drug-likeness (QED) is 0.684. The molecule has 144 valence electrons. The normalized spacial score (nSPS) is 15.2. The number of amides is 1. The molecule has 1 fully saturated rings. The number of benzene rings is 1. The number of ether oxygens (including phenoxy) is 1. The van der Waals surface area contributed by atoms with E-state index in [-0.39, 0.29) is 12.0 Å². The van der Waals surface area contributed by atoms with E-state index in [2.05, 4.69) is 15.6 Å². The molecule has 0 radical (unpaired) electrons. The molecule has 2 N–H and O–H groups in total. The maximum absolute atomic E-state index is 12.5. The van der Waals surface area contributed by atoms with Crippen molar-refractivity contribution in [3.8, 4) is 5.75 Å². The predicted molar refractivity (Wildman–Crippen MR) is 110 cm³/mol. The molecule has 1 aliphatic rings. The van der Waals surface area contributed by atoms with Crippen LogP contribution in [0.1, 0.15) is 62.9 Å². The number of aromatic nitrogens is 1. The molecule has 5 heteroatoms. The van der Waals surface area contributed by atoms with E-state index in [0.717, 1.165) is 17.1 Å². The fourth-order valence-electron chi connectivity index (χ4n) is 3.39. The van der Waals surface area contributed by atoms with Crippen LogP contribution in [0.2, 0.25) is 0 Å². The molecule has 27 heavy (non-hydrogen) atoms. The Labute approximate surface area is 161 Å². The van der Waals surface area contributed by atoms with Crippen LogP contribution in [0.4, 0.5) is 11.4 Å². The van der Waals surface area contributed by atoms with E-state index < -0.39 is 0 Å². The van der Waals surface area contributed by atoms with Gasteiger partial charge in [0.05, 0.1) is 6.10 Å². The first-order valence-corrected chi connectivity index (χ1v) is 9.91. The molecule has 1 aromatic carbocycles. The van der Waals surface area contributed by atoms with Gasteiger partial charge in [0, 0.05) is 23.6 Å². The largest absolute Gasteiger partial charge is 0.491 e. The first-order chi connectivity index (χ1) is 13.1. The van der Waals surface area contributed by atoms with Gasteiger partial charge in [-0.05, 0) is 63.1 Å². The van der Waals surface area contributed by atoms with Crippen molar-refractivity contribution in [3.63, 3.8) is 0 Å². The van der Waals surface area contributed by atoms with Crippen molar-refractivity contribution in [3.05, 3.63) is 48.3 Å². The molecule has 0 bridgehead atoms. The van der Waals surface area contributed by atoms with Crippen molar-refractivity contribution in [2.24, 2.45) is 0 Å². The smallest absolute Gasteiger partial charge is 0.274 e. The molecule has 1 aliphatic carbocycles. The first kappa shape index (κ1) is 19.2. The fraction of sp³-hybridized carbons (Fsp3) is 0.455. The van der Waals surface area contributed by atoms with Gasteiger partial charge < -0.3 is 15.4 Å². The van der Waals surface area contributed by atoms with E-state index >= 15 is 0 Å². The SMILES string of the molecule is CC(C)Oc1ccc(NC(=O)c2cc(NC3CCCCCC3)ccn2)cc1. The van der Waals surface area contributed by atoms with Crippen LogP contribution in [0.15, 0.2) is 42.6 Å². The number of anilines is 2. The maximum atomic E-state index is 12.5. The third-order valence-corrected chi connectivity index (χ3v) is 4.70. The summed E-state index contributed by atoms with van der Waals surface area (Å²) in [5.41, 5.74) is 2.10. The Bertz CT molecular complexity index is 735. The van der Waals surface area contributed by atoms with Gasteiger partial charge in [0.15, 0.2) is 0 Å². The second kappa shape index (κ2) is 9.40. The van der Waals surface area contributed by atoms with Gasteiger partial charge >= 0.3 is 0 Å². The van der Waals surface area contributed by atoms with Crippen LogP contribution in [-0.4, -0.2) is 23.0 Å². The summed E-state index contributed by atoms with van der Waals surface area (Å²) >= 11 is 0. The molecule has 1 heterocycles. The first-order valence-electron chi connectivity index (χ1n) is 9.91. The van der Waals surface area contributed by atoms with Crippen molar-refractivity contribution in [1.29, 1.82) is 0 Å².